The third kappa shape index (κ3) is 4.18. The fourth-order valence-electron chi connectivity index (χ4n) is 3.42. The number of aliphatic imine (C=N–C) groups is 1. The van der Waals surface area contributed by atoms with Crippen LogP contribution in [0.15, 0.2) is 113 Å². The summed E-state index contributed by atoms with van der Waals surface area (Å²) < 4.78 is 0. The monoisotopic (exact) mass is 382 g/mol. The Morgan fingerprint density at radius 3 is 2.14 bits per heavy atom. The minimum absolute atomic E-state index is 0.129. The molecular weight excluding hydrogens is 359 g/mol. The van der Waals surface area contributed by atoms with Crippen LogP contribution >= 0.6 is 7.92 Å². The van der Waals surface area contributed by atoms with Gasteiger partial charge in [-0.25, -0.2) is 0 Å². The van der Waals surface area contributed by atoms with Gasteiger partial charge in [-0.2, -0.15) is 0 Å². The second-order valence-corrected chi connectivity index (χ2v) is 8.92. The van der Waals surface area contributed by atoms with Crippen LogP contribution in [0.4, 0.5) is 0 Å². The molecule has 0 saturated carbocycles. The van der Waals surface area contributed by atoms with Crippen molar-refractivity contribution >= 4 is 24.7 Å². The number of benzene rings is 2. The molecular formula is C25H23N2P. The predicted molar refractivity (Wildman–Crippen MR) is 121 cm³/mol. The first-order valence-corrected chi connectivity index (χ1v) is 10.9. The predicted octanol–water partition coefficient (Wildman–Crippen LogP) is 5.24. The van der Waals surface area contributed by atoms with Gasteiger partial charge in [-0.05, 0) is 54.9 Å². The third-order valence-electron chi connectivity index (χ3n) is 4.83. The zero-order valence-corrected chi connectivity index (χ0v) is 16.8. The Labute approximate surface area is 168 Å². The second-order valence-electron chi connectivity index (χ2n) is 6.73. The van der Waals surface area contributed by atoms with Gasteiger partial charge in [0, 0.05) is 12.4 Å². The summed E-state index contributed by atoms with van der Waals surface area (Å²) in [7, 11) is -0.585. The second kappa shape index (κ2) is 8.91. The fourth-order valence-corrected chi connectivity index (χ4v) is 6.04. The summed E-state index contributed by atoms with van der Waals surface area (Å²) in [6, 6.07) is 27.7. The molecule has 1 aliphatic rings. The summed E-state index contributed by atoms with van der Waals surface area (Å²) in [4.78, 5) is 9.17. The number of hydrogen-bond donors (Lipinski definition) is 0. The van der Waals surface area contributed by atoms with Crippen LogP contribution < -0.4 is 10.6 Å². The van der Waals surface area contributed by atoms with Gasteiger partial charge in [-0.15, -0.1) is 0 Å². The highest BCUT2D eigenvalue weighted by molar-refractivity contribution is 7.77. The fraction of sp³-hybridized carbons (Fsp3) is 0.120. The molecule has 1 aromatic heterocycles. The quantitative estimate of drug-likeness (QED) is 0.423. The molecule has 0 N–H and O–H groups in total. The van der Waals surface area contributed by atoms with Crippen LogP contribution in [0.2, 0.25) is 0 Å². The smallest absolute Gasteiger partial charge is 0.0808 e. The van der Waals surface area contributed by atoms with Gasteiger partial charge in [-0.3, -0.25) is 9.98 Å². The van der Waals surface area contributed by atoms with E-state index in [9.17, 15) is 0 Å². The lowest BCUT2D eigenvalue weighted by atomic mass is 10.1. The average molecular weight is 382 g/mol. The Balaban J connectivity index is 1.72. The van der Waals surface area contributed by atoms with E-state index < -0.39 is 7.92 Å². The first-order chi connectivity index (χ1) is 13.8. The third-order valence-corrected chi connectivity index (χ3v) is 7.38. The Morgan fingerprint density at radius 2 is 1.54 bits per heavy atom. The van der Waals surface area contributed by atoms with Crippen LogP contribution in [0, 0.1) is 0 Å². The molecule has 0 radical (unpaired) electrons. The van der Waals surface area contributed by atoms with E-state index in [1.807, 2.05) is 24.4 Å². The normalized spacial score (nSPS) is 14.9. The van der Waals surface area contributed by atoms with Crippen molar-refractivity contribution in [3.8, 4) is 0 Å². The molecule has 0 spiro atoms. The summed E-state index contributed by atoms with van der Waals surface area (Å²) in [5.41, 5.74) is 2.31. The highest BCUT2D eigenvalue weighted by Gasteiger charge is 2.24. The SMILES string of the molecule is C[C@H](N=Cc1ccccn1)C1=C(P(c2ccccc2)c2ccccc2)C=CC1. The molecule has 0 amide bonds. The highest BCUT2D eigenvalue weighted by Crippen LogP contribution is 2.48. The summed E-state index contributed by atoms with van der Waals surface area (Å²) in [5, 5.41) is 4.19. The summed E-state index contributed by atoms with van der Waals surface area (Å²) in [5.74, 6) is 0. The lowest BCUT2D eigenvalue weighted by Gasteiger charge is -2.22. The molecule has 0 saturated heterocycles. The van der Waals surface area contributed by atoms with Crippen molar-refractivity contribution < 1.29 is 0 Å². The minimum atomic E-state index is -0.585. The Morgan fingerprint density at radius 1 is 0.893 bits per heavy atom. The van der Waals surface area contributed by atoms with E-state index in [2.05, 4.69) is 84.7 Å². The number of hydrogen-bond acceptors (Lipinski definition) is 2. The molecule has 0 bridgehead atoms. The van der Waals surface area contributed by atoms with Crippen LogP contribution in [-0.2, 0) is 0 Å². The van der Waals surface area contributed by atoms with E-state index >= 15 is 0 Å². The van der Waals surface area contributed by atoms with Gasteiger partial charge in [0.2, 0.25) is 0 Å². The molecule has 2 aromatic carbocycles. The molecule has 1 atom stereocenters. The zero-order chi connectivity index (χ0) is 19.2. The molecule has 2 nitrogen and oxygen atoms in total. The number of allylic oxidation sites excluding steroid dienone is 3. The van der Waals surface area contributed by atoms with Crippen LogP contribution in [0.1, 0.15) is 19.0 Å². The molecule has 138 valence electrons. The molecule has 28 heavy (non-hydrogen) atoms. The van der Waals surface area contributed by atoms with Gasteiger partial charge >= 0.3 is 0 Å². The molecule has 1 heterocycles. The van der Waals surface area contributed by atoms with Crippen LogP contribution in [0.5, 0.6) is 0 Å². The Hall–Kier alpha value is -2.83. The number of aromatic nitrogens is 1. The number of pyridine rings is 1. The van der Waals surface area contributed by atoms with Crippen molar-refractivity contribution in [3.63, 3.8) is 0 Å². The van der Waals surface area contributed by atoms with Crippen LogP contribution in [0.3, 0.4) is 0 Å². The number of rotatable bonds is 6. The van der Waals surface area contributed by atoms with Crippen molar-refractivity contribution in [1.29, 1.82) is 0 Å². The van der Waals surface area contributed by atoms with Crippen molar-refractivity contribution in [1.82, 2.24) is 4.98 Å². The molecule has 1 aliphatic carbocycles. The lowest BCUT2D eigenvalue weighted by molar-refractivity contribution is 0.844. The molecule has 0 fully saturated rings. The maximum Gasteiger partial charge on any atom is 0.0808 e. The molecule has 4 rings (SSSR count). The van der Waals surface area contributed by atoms with Crippen molar-refractivity contribution in [2.24, 2.45) is 4.99 Å². The topological polar surface area (TPSA) is 25.2 Å². The van der Waals surface area contributed by atoms with E-state index in [1.54, 1.807) is 6.20 Å². The lowest BCUT2D eigenvalue weighted by Crippen LogP contribution is -2.14. The van der Waals surface area contributed by atoms with Gasteiger partial charge in [-0.1, -0.05) is 78.9 Å². The molecule has 0 unspecified atom stereocenters. The first-order valence-electron chi connectivity index (χ1n) is 9.57. The van der Waals surface area contributed by atoms with Crippen molar-refractivity contribution in [3.05, 3.63) is 114 Å². The maximum absolute atomic E-state index is 4.82. The van der Waals surface area contributed by atoms with E-state index in [0.717, 1.165) is 12.1 Å². The largest absolute Gasteiger partial charge is 0.283 e. The van der Waals surface area contributed by atoms with Gasteiger partial charge < -0.3 is 0 Å². The summed E-state index contributed by atoms with van der Waals surface area (Å²) in [6.07, 6.45) is 9.25. The Kier molecular flexibility index (Phi) is 5.89. The van der Waals surface area contributed by atoms with Gasteiger partial charge in [0.1, 0.15) is 0 Å². The molecule has 3 aromatic rings. The Bertz CT molecular complexity index is 953. The van der Waals surface area contributed by atoms with Crippen molar-refractivity contribution in [2.75, 3.05) is 0 Å². The molecule has 3 heteroatoms. The molecule has 0 aliphatic heterocycles. The van der Waals surface area contributed by atoms with E-state index in [-0.39, 0.29) is 6.04 Å². The minimum Gasteiger partial charge on any atom is -0.283 e. The van der Waals surface area contributed by atoms with Crippen LogP contribution in [-0.4, -0.2) is 17.2 Å². The number of nitrogens with zero attached hydrogens (tertiary/aromatic N) is 2. The first kappa shape index (κ1) is 18.5. The van der Waals surface area contributed by atoms with Gasteiger partial charge in [0.05, 0.1) is 11.7 Å². The van der Waals surface area contributed by atoms with Crippen LogP contribution in [0.25, 0.3) is 0 Å². The van der Waals surface area contributed by atoms with E-state index in [0.29, 0.717) is 0 Å². The average Bonchev–Trinajstić information content (AvgIpc) is 3.24. The highest BCUT2D eigenvalue weighted by atomic mass is 31.1. The summed E-state index contributed by atoms with van der Waals surface area (Å²) in [6.45, 7) is 2.19. The zero-order valence-electron chi connectivity index (χ0n) is 15.9. The van der Waals surface area contributed by atoms with E-state index in [4.69, 9.17) is 4.99 Å². The standard InChI is InChI=1S/C25H23N2P/c1-20(27-19-21-11-8-9-18-26-21)24-16-10-17-25(24)28(22-12-4-2-5-13-22)23-14-6-3-7-15-23/h2-15,17-20H,16H2,1H3/t20-/m0/s1. The summed E-state index contributed by atoms with van der Waals surface area (Å²) >= 11 is 0. The van der Waals surface area contributed by atoms with Crippen molar-refractivity contribution in [2.45, 2.75) is 19.4 Å². The van der Waals surface area contributed by atoms with E-state index in [1.165, 1.54) is 21.5 Å². The maximum atomic E-state index is 4.82. The van der Waals surface area contributed by atoms with Gasteiger partial charge in [0.15, 0.2) is 0 Å². The van der Waals surface area contributed by atoms with Gasteiger partial charge in [0.25, 0.3) is 0 Å².